The number of aliphatic hydroxyl groups is 1. The lowest BCUT2D eigenvalue weighted by Crippen LogP contribution is -2.34. The molecule has 0 amide bonds. The van der Waals surface area contributed by atoms with E-state index in [1.807, 2.05) is 12.1 Å². The predicted octanol–water partition coefficient (Wildman–Crippen LogP) is 3.04. The van der Waals surface area contributed by atoms with Gasteiger partial charge in [0, 0.05) is 18.5 Å². The minimum absolute atomic E-state index is 0.229. The van der Waals surface area contributed by atoms with Gasteiger partial charge < -0.3 is 5.11 Å². The van der Waals surface area contributed by atoms with Crippen LogP contribution in [0.2, 0.25) is 0 Å². The molecule has 1 aliphatic rings. The Kier molecular flexibility index (Phi) is 4.14. The molecule has 2 nitrogen and oxygen atoms in total. The van der Waals surface area contributed by atoms with Gasteiger partial charge in [-0.15, -0.1) is 0 Å². The molecule has 0 spiro atoms. The molecule has 1 saturated heterocycles. The van der Waals surface area contributed by atoms with E-state index in [0.717, 1.165) is 19.5 Å². The summed E-state index contributed by atoms with van der Waals surface area (Å²) in [4.78, 5) is 2.41. The third kappa shape index (κ3) is 2.77. The zero-order valence-electron chi connectivity index (χ0n) is 11.7. The molecule has 1 N–H and O–H groups in total. The lowest BCUT2D eigenvalue weighted by atomic mass is 9.92. The average Bonchev–Trinajstić information content (AvgIpc) is 2.92. The minimum Gasteiger partial charge on any atom is -0.395 e. The van der Waals surface area contributed by atoms with Crippen LogP contribution in [0.25, 0.3) is 0 Å². The summed E-state index contributed by atoms with van der Waals surface area (Å²) in [7, 11) is 0. The lowest BCUT2D eigenvalue weighted by Gasteiger charge is -2.26. The zero-order valence-corrected chi connectivity index (χ0v) is 11.7. The van der Waals surface area contributed by atoms with E-state index >= 15 is 0 Å². The van der Waals surface area contributed by atoms with Crippen LogP contribution in [0, 0.1) is 0 Å². The Hall–Kier alpha value is -1.64. The molecule has 3 rings (SSSR count). The molecule has 0 bridgehead atoms. The second-order valence-electron chi connectivity index (χ2n) is 5.51. The van der Waals surface area contributed by atoms with Gasteiger partial charge in [-0.1, -0.05) is 60.7 Å². The second-order valence-corrected chi connectivity index (χ2v) is 5.51. The Labute approximate surface area is 120 Å². The normalized spacial score (nSPS) is 23.1. The van der Waals surface area contributed by atoms with Crippen molar-refractivity contribution in [1.82, 2.24) is 4.90 Å². The first kappa shape index (κ1) is 13.3. The number of benzene rings is 2. The standard InChI is InChI=1S/C18H21NO/c20-14-18-17(16-9-5-2-6-10-16)11-12-19(18)13-15-7-3-1-4-8-15/h1-10,17-18,20H,11-14H2/t17-,18-/m0/s1. The van der Waals surface area contributed by atoms with Crippen molar-refractivity contribution < 1.29 is 5.11 Å². The number of rotatable bonds is 4. The van der Waals surface area contributed by atoms with E-state index in [1.54, 1.807) is 0 Å². The molecule has 0 radical (unpaired) electrons. The lowest BCUT2D eigenvalue weighted by molar-refractivity contribution is 0.145. The molecule has 1 aliphatic heterocycles. The fourth-order valence-electron chi connectivity index (χ4n) is 3.26. The Morgan fingerprint density at radius 3 is 2.25 bits per heavy atom. The van der Waals surface area contributed by atoms with E-state index < -0.39 is 0 Å². The van der Waals surface area contributed by atoms with E-state index in [0.29, 0.717) is 5.92 Å². The molecule has 0 aromatic heterocycles. The molecular formula is C18H21NO. The molecule has 104 valence electrons. The summed E-state index contributed by atoms with van der Waals surface area (Å²) in [6.45, 7) is 2.21. The van der Waals surface area contributed by atoms with Crippen LogP contribution in [0.1, 0.15) is 23.5 Å². The van der Waals surface area contributed by atoms with Gasteiger partial charge in [-0.25, -0.2) is 0 Å². The summed E-state index contributed by atoms with van der Waals surface area (Å²) in [6.07, 6.45) is 1.13. The Bertz CT molecular complexity index is 526. The maximum Gasteiger partial charge on any atom is 0.0592 e. The summed E-state index contributed by atoms with van der Waals surface area (Å²) in [5, 5.41) is 9.80. The van der Waals surface area contributed by atoms with Crippen molar-refractivity contribution in [2.45, 2.75) is 24.9 Å². The third-order valence-corrected chi connectivity index (χ3v) is 4.30. The van der Waals surface area contributed by atoms with Gasteiger partial charge in [0.05, 0.1) is 6.61 Å². The molecule has 2 aromatic carbocycles. The molecular weight excluding hydrogens is 246 g/mol. The van der Waals surface area contributed by atoms with E-state index in [1.165, 1.54) is 11.1 Å². The summed E-state index contributed by atoms with van der Waals surface area (Å²) in [5.74, 6) is 0.449. The highest BCUT2D eigenvalue weighted by atomic mass is 16.3. The van der Waals surface area contributed by atoms with E-state index in [4.69, 9.17) is 0 Å². The van der Waals surface area contributed by atoms with Crippen molar-refractivity contribution >= 4 is 0 Å². The summed E-state index contributed by atoms with van der Waals surface area (Å²) >= 11 is 0. The number of aliphatic hydroxyl groups excluding tert-OH is 1. The first-order valence-corrected chi connectivity index (χ1v) is 7.32. The number of nitrogens with zero attached hydrogens (tertiary/aromatic N) is 1. The average molecular weight is 267 g/mol. The topological polar surface area (TPSA) is 23.5 Å². The van der Waals surface area contributed by atoms with Gasteiger partial charge >= 0.3 is 0 Å². The predicted molar refractivity (Wildman–Crippen MR) is 81.5 cm³/mol. The van der Waals surface area contributed by atoms with Crippen LogP contribution < -0.4 is 0 Å². The van der Waals surface area contributed by atoms with Crippen molar-refractivity contribution in [3.8, 4) is 0 Å². The smallest absolute Gasteiger partial charge is 0.0592 e. The molecule has 0 saturated carbocycles. The molecule has 1 fully saturated rings. The van der Waals surface area contributed by atoms with Crippen LogP contribution in [-0.2, 0) is 6.54 Å². The first-order chi connectivity index (χ1) is 9.88. The van der Waals surface area contributed by atoms with E-state index in [2.05, 4.69) is 53.4 Å². The second kappa shape index (κ2) is 6.21. The minimum atomic E-state index is 0.229. The van der Waals surface area contributed by atoms with Crippen molar-refractivity contribution in [3.05, 3.63) is 71.8 Å². The monoisotopic (exact) mass is 267 g/mol. The molecule has 1 heterocycles. The first-order valence-electron chi connectivity index (χ1n) is 7.32. The molecule has 0 unspecified atom stereocenters. The molecule has 0 aliphatic carbocycles. The van der Waals surface area contributed by atoms with Crippen molar-refractivity contribution in [2.24, 2.45) is 0 Å². The van der Waals surface area contributed by atoms with Crippen LogP contribution in [0.3, 0.4) is 0 Å². The molecule has 2 aromatic rings. The summed E-state index contributed by atoms with van der Waals surface area (Å²) < 4.78 is 0. The molecule has 2 heteroatoms. The van der Waals surface area contributed by atoms with Crippen molar-refractivity contribution in [3.63, 3.8) is 0 Å². The van der Waals surface area contributed by atoms with Gasteiger partial charge in [0.25, 0.3) is 0 Å². The van der Waals surface area contributed by atoms with Crippen LogP contribution in [0.5, 0.6) is 0 Å². The van der Waals surface area contributed by atoms with Gasteiger partial charge in [-0.2, -0.15) is 0 Å². The number of likely N-dealkylation sites (tertiary alicyclic amines) is 1. The van der Waals surface area contributed by atoms with Gasteiger partial charge in [-0.05, 0) is 24.1 Å². The van der Waals surface area contributed by atoms with Crippen molar-refractivity contribution in [2.75, 3.05) is 13.2 Å². The summed E-state index contributed by atoms with van der Waals surface area (Å²) in [6, 6.07) is 21.3. The van der Waals surface area contributed by atoms with Crippen LogP contribution in [0.15, 0.2) is 60.7 Å². The highest BCUT2D eigenvalue weighted by molar-refractivity contribution is 5.23. The van der Waals surface area contributed by atoms with E-state index in [9.17, 15) is 5.11 Å². The highest BCUT2D eigenvalue weighted by Gasteiger charge is 2.34. The maximum atomic E-state index is 9.80. The van der Waals surface area contributed by atoms with Crippen molar-refractivity contribution in [1.29, 1.82) is 0 Å². The SMILES string of the molecule is OC[C@H]1[C@H](c2ccccc2)CCN1Cc1ccccc1. The Balaban J connectivity index is 1.75. The zero-order chi connectivity index (χ0) is 13.8. The van der Waals surface area contributed by atoms with Crippen LogP contribution in [0.4, 0.5) is 0 Å². The summed E-state index contributed by atoms with van der Waals surface area (Å²) in [5.41, 5.74) is 2.67. The fraction of sp³-hybridized carbons (Fsp3) is 0.333. The Morgan fingerprint density at radius 1 is 0.950 bits per heavy atom. The van der Waals surface area contributed by atoms with Crippen LogP contribution in [-0.4, -0.2) is 29.2 Å². The van der Waals surface area contributed by atoms with Gasteiger partial charge in [0.15, 0.2) is 0 Å². The number of hydrogen-bond donors (Lipinski definition) is 1. The largest absolute Gasteiger partial charge is 0.395 e. The third-order valence-electron chi connectivity index (χ3n) is 4.30. The molecule has 2 atom stereocenters. The highest BCUT2D eigenvalue weighted by Crippen LogP contribution is 2.34. The van der Waals surface area contributed by atoms with Gasteiger partial charge in [0.1, 0.15) is 0 Å². The quantitative estimate of drug-likeness (QED) is 0.920. The maximum absolute atomic E-state index is 9.80. The van der Waals surface area contributed by atoms with Gasteiger partial charge in [-0.3, -0.25) is 4.90 Å². The van der Waals surface area contributed by atoms with E-state index in [-0.39, 0.29) is 12.6 Å². The number of hydrogen-bond acceptors (Lipinski definition) is 2. The Morgan fingerprint density at radius 2 is 1.60 bits per heavy atom. The fourth-order valence-corrected chi connectivity index (χ4v) is 3.26. The van der Waals surface area contributed by atoms with Crippen LogP contribution >= 0.6 is 0 Å². The van der Waals surface area contributed by atoms with Gasteiger partial charge in [0.2, 0.25) is 0 Å². The molecule has 20 heavy (non-hydrogen) atoms.